The first kappa shape index (κ1) is 86.9. The Morgan fingerprint density at radius 2 is 0.466 bits per heavy atom. The highest BCUT2D eigenvalue weighted by Gasteiger charge is 2.20. The van der Waals surface area contributed by atoms with Crippen LogP contribution in [-0.2, 0) is 14.3 Å². The van der Waals surface area contributed by atoms with Crippen molar-refractivity contribution in [2.24, 2.45) is 0 Å². The van der Waals surface area contributed by atoms with Crippen molar-refractivity contribution < 1.29 is 24.5 Å². The summed E-state index contributed by atoms with van der Waals surface area (Å²) in [6.07, 6.45) is 97.9. The van der Waals surface area contributed by atoms with Crippen LogP contribution in [0.2, 0.25) is 0 Å². The maximum Gasteiger partial charge on any atom is 0.305 e. The first-order valence-corrected chi connectivity index (χ1v) is 41.3. The van der Waals surface area contributed by atoms with Gasteiger partial charge in [0, 0.05) is 12.8 Å². The average Bonchev–Trinajstić information content (AvgIpc) is 3.58. The van der Waals surface area contributed by atoms with E-state index >= 15 is 0 Å². The largest absolute Gasteiger partial charge is 0.466 e. The van der Waals surface area contributed by atoms with Gasteiger partial charge in [-0.05, 0) is 25.7 Å². The molecule has 0 aromatic carbocycles. The number of esters is 1. The number of hydrogen-bond donors (Lipinski definition) is 3. The molecule has 0 aliphatic rings. The van der Waals surface area contributed by atoms with Crippen LogP contribution in [0, 0.1) is 0 Å². The standard InChI is InChI=1S/C82H163NO5/c1-3-5-7-9-11-13-15-17-19-21-42-46-50-54-58-62-66-70-74-80(85)79(78-84)83-81(86)75-71-67-63-59-55-51-47-43-40-38-36-34-32-30-28-26-24-23-25-27-29-31-33-35-37-39-41-45-49-53-57-61-65-69-73-77-88-82(87)76-72-68-64-60-56-52-48-44-22-20-18-16-14-12-10-8-6-4-2/h79-80,84-85H,3-78H2,1-2H3,(H,83,86). The number of hydrogen-bond acceptors (Lipinski definition) is 5. The zero-order chi connectivity index (χ0) is 63.5. The van der Waals surface area contributed by atoms with Gasteiger partial charge in [0.2, 0.25) is 5.91 Å². The van der Waals surface area contributed by atoms with Crippen molar-refractivity contribution in [2.75, 3.05) is 13.2 Å². The number of aliphatic hydroxyl groups is 2. The quantitative estimate of drug-likeness (QED) is 0.0417. The molecule has 1 amide bonds. The van der Waals surface area contributed by atoms with Gasteiger partial charge in [0.1, 0.15) is 0 Å². The van der Waals surface area contributed by atoms with Gasteiger partial charge in [-0.1, -0.05) is 450 Å². The SMILES string of the molecule is CCCCCCCCCCCCCCCCCCCCC(=O)OCCCCCCCCCCCCCCCCCCCCCCCCCCCCCCCCCCCCCC(=O)NC(CO)C(O)CCCCCCCCCCCCCCCCCCCC. The third kappa shape index (κ3) is 73.9. The monoisotopic (exact) mass is 1240 g/mol. The van der Waals surface area contributed by atoms with Crippen molar-refractivity contribution >= 4 is 11.9 Å². The molecule has 0 heterocycles. The molecule has 526 valence electrons. The van der Waals surface area contributed by atoms with Crippen molar-refractivity contribution in [3.63, 3.8) is 0 Å². The molecule has 0 spiro atoms. The highest BCUT2D eigenvalue weighted by atomic mass is 16.5. The zero-order valence-corrected chi connectivity index (χ0v) is 60.5. The van der Waals surface area contributed by atoms with E-state index in [2.05, 4.69) is 19.2 Å². The minimum atomic E-state index is -0.660. The molecule has 2 atom stereocenters. The van der Waals surface area contributed by atoms with Gasteiger partial charge >= 0.3 is 5.97 Å². The molecule has 0 radical (unpaired) electrons. The second-order valence-corrected chi connectivity index (χ2v) is 28.8. The third-order valence-corrected chi connectivity index (χ3v) is 19.9. The smallest absolute Gasteiger partial charge is 0.305 e. The maximum atomic E-state index is 12.6. The molecule has 0 saturated carbocycles. The van der Waals surface area contributed by atoms with Crippen LogP contribution in [-0.4, -0.2) is 47.4 Å². The molecule has 0 aliphatic heterocycles. The Morgan fingerprint density at radius 1 is 0.273 bits per heavy atom. The van der Waals surface area contributed by atoms with E-state index in [4.69, 9.17) is 4.74 Å². The number of carbonyl (C=O) groups is 2. The Hall–Kier alpha value is -1.14. The molecule has 0 bridgehead atoms. The molecular formula is C82H163NO5. The lowest BCUT2D eigenvalue weighted by Gasteiger charge is -2.22. The summed E-state index contributed by atoms with van der Waals surface area (Å²) in [6, 6.07) is -0.537. The number of ether oxygens (including phenoxy) is 1. The normalized spacial score (nSPS) is 12.4. The predicted octanol–water partition coefficient (Wildman–Crippen LogP) is 27.3. The number of unbranched alkanes of at least 4 members (excludes halogenated alkanes) is 68. The summed E-state index contributed by atoms with van der Waals surface area (Å²) in [5.41, 5.74) is 0. The van der Waals surface area contributed by atoms with Crippen molar-refractivity contribution in [3.05, 3.63) is 0 Å². The van der Waals surface area contributed by atoms with Crippen molar-refractivity contribution in [2.45, 2.75) is 501 Å². The fraction of sp³-hybridized carbons (Fsp3) is 0.976. The van der Waals surface area contributed by atoms with Crippen molar-refractivity contribution in [3.8, 4) is 0 Å². The summed E-state index contributed by atoms with van der Waals surface area (Å²) in [5.74, 6) is 0.00444. The van der Waals surface area contributed by atoms with E-state index < -0.39 is 12.1 Å². The number of aliphatic hydroxyl groups excluding tert-OH is 2. The summed E-state index contributed by atoms with van der Waals surface area (Å²) in [7, 11) is 0. The van der Waals surface area contributed by atoms with Gasteiger partial charge in [-0.25, -0.2) is 0 Å². The first-order valence-electron chi connectivity index (χ1n) is 41.3. The van der Waals surface area contributed by atoms with Gasteiger partial charge in [0.05, 0.1) is 25.4 Å². The van der Waals surface area contributed by atoms with E-state index in [-0.39, 0.29) is 18.5 Å². The molecule has 0 saturated heterocycles. The lowest BCUT2D eigenvalue weighted by molar-refractivity contribution is -0.143. The molecule has 6 nitrogen and oxygen atoms in total. The van der Waals surface area contributed by atoms with Gasteiger partial charge in [-0.15, -0.1) is 0 Å². The van der Waals surface area contributed by atoms with E-state index in [1.165, 1.54) is 417 Å². The third-order valence-electron chi connectivity index (χ3n) is 19.9. The first-order chi connectivity index (χ1) is 43.5. The van der Waals surface area contributed by atoms with Crippen LogP contribution in [0.4, 0.5) is 0 Å². The van der Waals surface area contributed by atoms with E-state index in [1.54, 1.807) is 0 Å². The molecule has 0 rings (SSSR count). The van der Waals surface area contributed by atoms with Crippen LogP contribution in [0.15, 0.2) is 0 Å². The Morgan fingerprint density at radius 3 is 0.693 bits per heavy atom. The number of rotatable bonds is 79. The van der Waals surface area contributed by atoms with Gasteiger partial charge in [0.15, 0.2) is 0 Å². The molecule has 0 aliphatic carbocycles. The molecule has 88 heavy (non-hydrogen) atoms. The van der Waals surface area contributed by atoms with E-state index in [0.29, 0.717) is 25.9 Å². The molecule has 0 aromatic rings. The molecule has 0 fully saturated rings. The molecule has 6 heteroatoms. The minimum absolute atomic E-state index is 0.0242. The van der Waals surface area contributed by atoms with Gasteiger partial charge < -0.3 is 20.3 Å². The predicted molar refractivity (Wildman–Crippen MR) is 389 cm³/mol. The highest BCUT2D eigenvalue weighted by molar-refractivity contribution is 5.76. The minimum Gasteiger partial charge on any atom is -0.466 e. The Bertz CT molecular complexity index is 1290. The fourth-order valence-electron chi connectivity index (χ4n) is 13.6. The molecule has 3 N–H and O–H groups in total. The van der Waals surface area contributed by atoms with Gasteiger partial charge in [0.25, 0.3) is 0 Å². The molecule has 0 aromatic heterocycles. The van der Waals surface area contributed by atoms with Crippen LogP contribution < -0.4 is 5.32 Å². The van der Waals surface area contributed by atoms with E-state index in [0.717, 1.165) is 38.5 Å². The Labute approximate surface area is 553 Å². The second kappa shape index (κ2) is 78.3. The lowest BCUT2D eigenvalue weighted by atomic mass is 10.0. The molecular weight excluding hydrogens is 1080 g/mol. The summed E-state index contributed by atoms with van der Waals surface area (Å²) >= 11 is 0. The van der Waals surface area contributed by atoms with Crippen LogP contribution in [0.3, 0.4) is 0 Å². The van der Waals surface area contributed by atoms with Crippen molar-refractivity contribution in [1.29, 1.82) is 0 Å². The average molecular weight is 1240 g/mol. The summed E-state index contributed by atoms with van der Waals surface area (Å²) in [5, 5.41) is 23.4. The molecule has 2 unspecified atom stereocenters. The zero-order valence-electron chi connectivity index (χ0n) is 60.5. The van der Waals surface area contributed by atoms with E-state index in [9.17, 15) is 19.8 Å². The van der Waals surface area contributed by atoms with Crippen LogP contribution in [0.25, 0.3) is 0 Å². The summed E-state index contributed by atoms with van der Waals surface area (Å²) in [6.45, 7) is 5.02. The van der Waals surface area contributed by atoms with Gasteiger partial charge in [-0.3, -0.25) is 9.59 Å². The van der Waals surface area contributed by atoms with Crippen LogP contribution >= 0.6 is 0 Å². The maximum absolute atomic E-state index is 12.6. The number of amides is 1. The summed E-state index contributed by atoms with van der Waals surface area (Å²) < 4.78 is 5.52. The second-order valence-electron chi connectivity index (χ2n) is 28.8. The lowest BCUT2D eigenvalue weighted by Crippen LogP contribution is -2.45. The topological polar surface area (TPSA) is 95.9 Å². The number of nitrogens with one attached hydrogen (secondary N) is 1. The van der Waals surface area contributed by atoms with Crippen LogP contribution in [0.1, 0.15) is 489 Å². The van der Waals surface area contributed by atoms with Gasteiger partial charge in [-0.2, -0.15) is 0 Å². The Balaban J connectivity index is 3.29. The number of carbonyl (C=O) groups excluding carboxylic acids is 2. The summed E-state index contributed by atoms with van der Waals surface area (Å²) in [4.78, 5) is 24.7. The van der Waals surface area contributed by atoms with E-state index in [1.807, 2.05) is 0 Å². The fourth-order valence-corrected chi connectivity index (χ4v) is 13.6. The highest BCUT2D eigenvalue weighted by Crippen LogP contribution is 2.21. The Kier molecular flexibility index (Phi) is 77.3. The van der Waals surface area contributed by atoms with Crippen LogP contribution in [0.5, 0.6) is 0 Å². The van der Waals surface area contributed by atoms with Crippen molar-refractivity contribution in [1.82, 2.24) is 5.32 Å².